The van der Waals surface area contributed by atoms with Crippen LogP contribution in [0.15, 0.2) is 27.1 Å². The highest BCUT2D eigenvalue weighted by atomic mass is 79.9. The Morgan fingerprint density at radius 2 is 1.81 bits per heavy atom. The molecule has 1 heterocycles. The monoisotopic (exact) mass is 361 g/mol. The summed E-state index contributed by atoms with van der Waals surface area (Å²) in [6.45, 7) is 0.608. The molecule has 1 aromatic carbocycles. The van der Waals surface area contributed by atoms with Crippen molar-refractivity contribution in [2.24, 2.45) is 5.73 Å². The lowest BCUT2D eigenvalue weighted by Crippen LogP contribution is -2.01. The smallest absolute Gasteiger partial charge is 0.147 e. The van der Waals surface area contributed by atoms with Crippen LogP contribution in [-0.2, 0) is 6.42 Å². The molecular formula is C10H9Br2N3S. The molecule has 0 saturated carbocycles. The highest BCUT2D eigenvalue weighted by Crippen LogP contribution is 2.29. The quantitative estimate of drug-likeness (QED) is 0.911. The van der Waals surface area contributed by atoms with Crippen LogP contribution in [0.5, 0.6) is 0 Å². The Kier molecular flexibility index (Phi) is 4.07. The van der Waals surface area contributed by atoms with E-state index in [0.29, 0.717) is 6.54 Å². The molecule has 3 nitrogen and oxygen atoms in total. The van der Waals surface area contributed by atoms with Crippen molar-refractivity contribution in [2.75, 3.05) is 6.54 Å². The molecule has 6 heteroatoms. The van der Waals surface area contributed by atoms with Crippen LogP contribution in [0.25, 0.3) is 10.6 Å². The number of benzene rings is 1. The number of aromatic nitrogens is 2. The maximum atomic E-state index is 5.48. The van der Waals surface area contributed by atoms with Gasteiger partial charge in [-0.25, -0.2) is 0 Å². The molecule has 0 radical (unpaired) electrons. The van der Waals surface area contributed by atoms with Crippen LogP contribution in [0.2, 0.25) is 0 Å². The molecule has 0 aliphatic carbocycles. The van der Waals surface area contributed by atoms with Crippen LogP contribution in [0.4, 0.5) is 0 Å². The Bertz CT molecular complexity index is 478. The molecule has 0 aliphatic heterocycles. The second-order valence-corrected chi connectivity index (χ2v) is 6.09. The van der Waals surface area contributed by atoms with Crippen molar-refractivity contribution in [2.45, 2.75) is 6.42 Å². The molecule has 0 spiro atoms. The van der Waals surface area contributed by atoms with E-state index in [1.807, 2.05) is 18.2 Å². The van der Waals surface area contributed by atoms with E-state index < -0.39 is 0 Å². The van der Waals surface area contributed by atoms with Gasteiger partial charge in [0.1, 0.15) is 10.0 Å². The maximum absolute atomic E-state index is 5.48. The zero-order chi connectivity index (χ0) is 11.5. The second-order valence-electron chi connectivity index (χ2n) is 3.20. The van der Waals surface area contributed by atoms with Crippen LogP contribution >= 0.6 is 43.2 Å². The average molecular weight is 363 g/mol. The zero-order valence-corrected chi connectivity index (χ0v) is 12.3. The minimum Gasteiger partial charge on any atom is -0.330 e. The second kappa shape index (κ2) is 5.35. The number of hydrogen-bond acceptors (Lipinski definition) is 4. The lowest BCUT2D eigenvalue weighted by atomic mass is 10.2. The Labute approximate surface area is 114 Å². The van der Waals surface area contributed by atoms with Gasteiger partial charge in [-0.15, -0.1) is 10.2 Å². The standard InChI is InChI=1S/C10H9Br2N3S/c11-7-3-6(4-8(12)5-7)10-15-14-9(16-10)1-2-13/h3-5H,1-2,13H2. The van der Waals surface area contributed by atoms with E-state index in [9.17, 15) is 0 Å². The molecule has 2 N–H and O–H groups in total. The number of halogens is 2. The molecule has 0 saturated heterocycles. The van der Waals surface area contributed by atoms with Crippen molar-refractivity contribution in [1.29, 1.82) is 0 Å². The Balaban J connectivity index is 2.34. The molecule has 2 aromatic rings. The summed E-state index contributed by atoms with van der Waals surface area (Å²) in [6.07, 6.45) is 0.785. The van der Waals surface area contributed by atoms with Crippen molar-refractivity contribution in [3.63, 3.8) is 0 Å². The Morgan fingerprint density at radius 3 is 2.44 bits per heavy atom. The third-order valence-electron chi connectivity index (χ3n) is 1.93. The van der Waals surface area contributed by atoms with Gasteiger partial charge in [0.2, 0.25) is 0 Å². The van der Waals surface area contributed by atoms with Gasteiger partial charge in [-0.2, -0.15) is 0 Å². The van der Waals surface area contributed by atoms with Gasteiger partial charge in [-0.3, -0.25) is 0 Å². The fourth-order valence-electron chi connectivity index (χ4n) is 1.27. The highest BCUT2D eigenvalue weighted by Gasteiger charge is 2.07. The van der Waals surface area contributed by atoms with Crippen LogP contribution in [0.3, 0.4) is 0 Å². The van der Waals surface area contributed by atoms with E-state index in [1.54, 1.807) is 11.3 Å². The van der Waals surface area contributed by atoms with E-state index in [1.165, 1.54) is 0 Å². The third kappa shape index (κ3) is 2.88. The maximum Gasteiger partial charge on any atom is 0.147 e. The minimum absolute atomic E-state index is 0.608. The number of nitrogens with zero attached hydrogens (tertiary/aromatic N) is 2. The van der Waals surface area contributed by atoms with Gasteiger partial charge in [-0.1, -0.05) is 43.2 Å². The average Bonchev–Trinajstić information content (AvgIpc) is 2.65. The van der Waals surface area contributed by atoms with Crippen molar-refractivity contribution >= 4 is 43.2 Å². The molecule has 84 valence electrons. The van der Waals surface area contributed by atoms with Crippen LogP contribution < -0.4 is 5.73 Å². The van der Waals surface area contributed by atoms with Gasteiger partial charge in [0.25, 0.3) is 0 Å². The first-order valence-corrected chi connectivity index (χ1v) is 7.08. The molecule has 0 fully saturated rings. The fourth-order valence-corrected chi connectivity index (χ4v) is 3.41. The summed E-state index contributed by atoms with van der Waals surface area (Å²) >= 11 is 8.49. The summed E-state index contributed by atoms with van der Waals surface area (Å²) in [5.41, 5.74) is 6.54. The predicted molar refractivity (Wildman–Crippen MR) is 73.5 cm³/mol. The first-order chi connectivity index (χ1) is 7.69. The predicted octanol–water partition coefficient (Wildman–Crippen LogP) is 3.23. The van der Waals surface area contributed by atoms with Gasteiger partial charge in [-0.05, 0) is 24.7 Å². The van der Waals surface area contributed by atoms with E-state index in [2.05, 4.69) is 42.1 Å². The van der Waals surface area contributed by atoms with Gasteiger partial charge in [0.05, 0.1) is 0 Å². The van der Waals surface area contributed by atoms with Gasteiger partial charge in [0, 0.05) is 20.9 Å². The molecule has 2 rings (SSSR count). The molecule has 1 aromatic heterocycles. The van der Waals surface area contributed by atoms with Crippen LogP contribution in [-0.4, -0.2) is 16.7 Å². The summed E-state index contributed by atoms with van der Waals surface area (Å²) in [5, 5.41) is 10.2. The first kappa shape index (κ1) is 12.2. The summed E-state index contributed by atoms with van der Waals surface area (Å²) in [5.74, 6) is 0. The van der Waals surface area contributed by atoms with Crippen molar-refractivity contribution in [1.82, 2.24) is 10.2 Å². The van der Waals surface area contributed by atoms with E-state index in [4.69, 9.17) is 5.73 Å². The largest absolute Gasteiger partial charge is 0.330 e. The number of nitrogens with two attached hydrogens (primary N) is 1. The Hall–Kier alpha value is -0.300. The lowest BCUT2D eigenvalue weighted by molar-refractivity contribution is 0.913. The summed E-state index contributed by atoms with van der Waals surface area (Å²) in [4.78, 5) is 0. The molecular weight excluding hydrogens is 354 g/mol. The SMILES string of the molecule is NCCc1nnc(-c2cc(Br)cc(Br)c2)s1. The van der Waals surface area contributed by atoms with E-state index in [0.717, 1.165) is 30.9 Å². The fraction of sp³-hybridized carbons (Fsp3) is 0.200. The molecule has 0 amide bonds. The van der Waals surface area contributed by atoms with E-state index >= 15 is 0 Å². The topological polar surface area (TPSA) is 51.8 Å². The molecule has 16 heavy (non-hydrogen) atoms. The minimum atomic E-state index is 0.608. The molecule has 0 unspecified atom stereocenters. The Morgan fingerprint density at radius 1 is 1.12 bits per heavy atom. The number of rotatable bonds is 3. The normalized spacial score (nSPS) is 10.7. The summed E-state index contributed by atoms with van der Waals surface area (Å²) < 4.78 is 2.04. The van der Waals surface area contributed by atoms with Gasteiger partial charge >= 0.3 is 0 Å². The van der Waals surface area contributed by atoms with Crippen molar-refractivity contribution in [3.8, 4) is 10.6 Å². The zero-order valence-electron chi connectivity index (χ0n) is 8.28. The summed E-state index contributed by atoms with van der Waals surface area (Å²) in [6, 6.07) is 6.04. The molecule has 0 atom stereocenters. The van der Waals surface area contributed by atoms with E-state index in [-0.39, 0.29) is 0 Å². The number of hydrogen-bond donors (Lipinski definition) is 1. The first-order valence-electron chi connectivity index (χ1n) is 4.68. The van der Waals surface area contributed by atoms with Crippen LogP contribution in [0.1, 0.15) is 5.01 Å². The van der Waals surface area contributed by atoms with Crippen molar-refractivity contribution in [3.05, 3.63) is 32.2 Å². The highest BCUT2D eigenvalue weighted by molar-refractivity contribution is 9.11. The van der Waals surface area contributed by atoms with Gasteiger partial charge in [0.15, 0.2) is 0 Å². The molecule has 0 aliphatic rings. The lowest BCUT2D eigenvalue weighted by Gasteiger charge is -1.98. The molecule has 0 bridgehead atoms. The summed E-state index contributed by atoms with van der Waals surface area (Å²) in [7, 11) is 0. The van der Waals surface area contributed by atoms with Crippen molar-refractivity contribution < 1.29 is 0 Å². The van der Waals surface area contributed by atoms with Gasteiger partial charge < -0.3 is 5.73 Å². The van der Waals surface area contributed by atoms with Crippen LogP contribution in [0, 0.1) is 0 Å². The third-order valence-corrected chi connectivity index (χ3v) is 3.88.